The summed E-state index contributed by atoms with van der Waals surface area (Å²) in [6.45, 7) is 9.40. The van der Waals surface area contributed by atoms with Crippen molar-refractivity contribution in [2.75, 3.05) is 13.1 Å². The van der Waals surface area contributed by atoms with Crippen LogP contribution in [0.4, 0.5) is 4.79 Å². The van der Waals surface area contributed by atoms with Crippen molar-refractivity contribution in [1.82, 2.24) is 14.3 Å². The lowest BCUT2D eigenvalue weighted by Gasteiger charge is -2.34. The largest absolute Gasteiger partial charge is 0.373 e. The molecule has 1 aliphatic heterocycles. The molecule has 2 N–H and O–H groups in total. The van der Waals surface area contributed by atoms with Crippen LogP contribution in [0.5, 0.6) is 0 Å². The molecule has 8 heteroatoms. The number of hydrogen-bond donors (Lipinski definition) is 2. The Hall–Kier alpha value is -0.860. The molecule has 0 bridgehead atoms. The highest BCUT2D eigenvalue weighted by atomic mass is 32.2. The highest BCUT2D eigenvalue weighted by molar-refractivity contribution is 7.87. The predicted octanol–water partition coefficient (Wildman–Crippen LogP) is 0.438. The van der Waals surface area contributed by atoms with E-state index in [2.05, 4.69) is 5.32 Å². The lowest BCUT2D eigenvalue weighted by atomic mass is 10.1. The van der Waals surface area contributed by atoms with E-state index in [9.17, 15) is 13.2 Å². The number of ether oxygens (including phenoxy) is 1. The van der Waals surface area contributed by atoms with Crippen LogP contribution in [0.3, 0.4) is 0 Å². The molecule has 1 heterocycles. The molecule has 0 aliphatic carbocycles. The molecule has 1 saturated heterocycles. The lowest BCUT2D eigenvalue weighted by Crippen LogP contribution is -2.56. The molecule has 7 nitrogen and oxygen atoms in total. The molecule has 0 aromatic carbocycles. The molecule has 0 spiro atoms. The summed E-state index contributed by atoms with van der Waals surface area (Å²) in [5.74, 6) is 0. The molecule has 1 rings (SSSR count). The van der Waals surface area contributed by atoms with Gasteiger partial charge < -0.3 is 10.1 Å². The van der Waals surface area contributed by atoms with Crippen molar-refractivity contribution >= 4 is 16.2 Å². The number of nitrogens with zero attached hydrogens (tertiary/aromatic N) is 1. The molecule has 19 heavy (non-hydrogen) atoms. The van der Waals surface area contributed by atoms with Crippen molar-refractivity contribution < 1.29 is 17.9 Å². The Morgan fingerprint density at radius 2 is 1.68 bits per heavy atom. The van der Waals surface area contributed by atoms with Crippen molar-refractivity contribution in [2.24, 2.45) is 0 Å². The number of urea groups is 1. The van der Waals surface area contributed by atoms with E-state index in [1.54, 1.807) is 34.6 Å². The molecule has 0 aromatic rings. The summed E-state index contributed by atoms with van der Waals surface area (Å²) in [6, 6.07) is -0.723. The van der Waals surface area contributed by atoms with Crippen LogP contribution in [-0.4, -0.2) is 49.6 Å². The average molecular weight is 293 g/mol. The molecule has 1 aliphatic rings. The standard InChI is InChI=1S/C11H23N3O4S/c1-8-6-14(7-9(2)18-8)19(16,17)13-10(15)12-11(3,4)5/h8-9H,6-7H2,1-5H3,(H2,12,13,15). The molecule has 112 valence electrons. The van der Waals surface area contributed by atoms with E-state index in [1.165, 1.54) is 4.31 Å². The number of amides is 2. The molecule has 0 saturated carbocycles. The summed E-state index contributed by atoms with van der Waals surface area (Å²) in [5, 5.41) is 2.55. The minimum Gasteiger partial charge on any atom is -0.373 e. The SMILES string of the molecule is CC1CN(S(=O)(=O)NC(=O)NC(C)(C)C)CC(C)O1. The van der Waals surface area contributed by atoms with Gasteiger partial charge in [-0.25, -0.2) is 9.52 Å². The predicted molar refractivity (Wildman–Crippen MR) is 71.9 cm³/mol. The zero-order valence-electron chi connectivity index (χ0n) is 12.1. The van der Waals surface area contributed by atoms with E-state index in [0.29, 0.717) is 0 Å². The zero-order chi connectivity index (χ0) is 14.8. The quantitative estimate of drug-likeness (QED) is 0.773. The normalized spacial score (nSPS) is 25.9. The van der Waals surface area contributed by atoms with Gasteiger partial charge in [0.15, 0.2) is 0 Å². The smallest absolute Gasteiger partial charge is 0.329 e. The molecule has 0 aromatic heterocycles. The van der Waals surface area contributed by atoms with Gasteiger partial charge in [0.05, 0.1) is 12.2 Å². The molecule has 2 atom stereocenters. The highest BCUT2D eigenvalue weighted by Crippen LogP contribution is 2.13. The number of carbonyl (C=O) groups is 1. The number of nitrogens with one attached hydrogen (secondary N) is 2. The van der Waals surface area contributed by atoms with Crippen molar-refractivity contribution in [3.63, 3.8) is 0 Å². The number of carbonyl (C=O) groups excluding carboxylic acids is 1. The van der Waals surface area contributed by atoms with Crippen LogP contribution in [0.25, 0.3) is 0 Å². The monoisotopic (exact) mass is 293 g/mol. The molecule has 0 radical (unpaired) electrons. The average Bonchev–Trinajstić information content (AvgIpc) is 2.11. The first-order chi connectivity index (χ1) is 8.49. The Bertz CT molecular complexity index is 420. The maximum Gasteiger partial charge on any atom is 0.329 e. The van der Waals surface area contributed by atoms with Gasteiger partial charge in [0, 0.05) is 18.6 Å². The van der Waals surface area contributed by atoms with Crippen molar-refractivity contribution in [2.45, 2.75) is 52.4 Å². The van der Waals surface area contributed by atoms with E-state index in [0.717, 1.165) is 0 Å². The van der Waals surface area contributed by atoms with Gasteiger partial charge in [0.2, 0.25) is 0 Å². The Morgan fingerprint density at radius 3 is 2.11 bits per heavy atom. The summed E-state index contributed by atoms with van der Waals surface area (Å²) in [7, 11) is -3.83. The van der Waals surface area contributed by atoms with Gasteiger partial charge in [0.1, 0.15) is 0 Å². The summed E-state index contributed by atoms with van der Waals surface area (Å²) in [4.78, 5) is 11.6. The van der Waals surface area contributed by atoms with Crippen LogP contribution in [0.2, 0.25) is 0 Å². The number of morpholine rings is 1. The maximum atomic E-state index is 12.1. The number of hydrogen-bond acceptors (Lipinski definition) is 4. The molecule has 2 amide bonds. The van der Waals surface area contributed by atoms with Gasteiger partial charge in [-0.3, -0.25) is 0 Å². The number of rotatable bonds is 2. The first kappa shape index (κ1) is 16.2. The van der Waals surface area contributed by atoms with E-state index in [-0.39, 0.29) is 25.3 Å². The summed E-state index contributed by atoms with van der Waals surface area (Å²) in [6.07, 6.45) is -0.378. The second-order valence-corrected chi connectivity index (χ2v) is 7.56. The molecule has 2 unspecified atom stereocenters. The minimum absolute atomic E-state index is 0.189. The topological polar surface area (TPSA) is 87.7 Å². The molecular formula is C11H23N3O4S. The van der Waals surface area contributed by atoms with Crippen LogP contribution in [0, 0.1) is 0 Å². The van der Waals surface area contributed by atoms with E-state index in [4.69, 9.17) is 4.74 Å². The third-order valence-corrected chi connectivity index (χ3v) is 3.86. The van der Waals surface area contributed by atoms with Gasteiger partial charge in [-0.05, 0) is 34.6 Å². The van der Waals surface area contributed by atoms with Crippen LogP contribution < -0.4 is 10.0 Å². The molecular weight excluding hydrogens is 270 g/mol. The Labute approximate surface area is 114 Å². The maximum absolute atomic E-state index is 12.1. The van der Waals surface area contributed by atoms with E-state index < -0.39 is 21.8 Å². The van der Waals surface area contributed by atoms with Gasteiger partial charge in [0.25, 0.3) is 0 Å². The zero-order valence-corrected chi connectivity index (χ0v) is 12.9. The Balaban J connectivity index is 2.68. The van der Waals surface area contributed by atoms with Gasteiger partial charge >= 0.3 is 16.2 Å². The second kappa shape index (κ2) is 5.64. The molecule has 1 fully saturated rings. The van der Waals surface area contributed by atoms with Crippen molar-refractivity contribution in [1.29, 1.82) is 0 Å². The Morgan fingerprint density at radius 1 is 1.21 bits per heavy atom. The summed E-state index contributed by atoms with van der Waals surface area (Å²) < 4.78 is 32.9. The Kier molecular flexibility index (Phi) is 4.81. The van der Waals surface area contributed by atoms with Crippen molar-refractivity contribution in [3.8, 4) is 0 Å². The van der Waals surface area contributed by atoms with Crippen LogP contribution in [-0.2, 0) is 14.9 Å². The van der Waals surface area contributed by atoms with E-state index >= 15 is 0 Å². The lowest BCUT2D eigenvalue weighted by molar-refractivity contribution is -0.0443. The summed E-state index contributed by atoms with van der Waals surface area (Å²) in [5.41, 5.74) is -0.495. The minimum atomic E-state index is -3.83. The van der Waals surface area contributed by atoms with Gasteiger partial charge in [-0.15, -0.1) is 0 Å². The summed E-state index contributed by atoms with van der Waals surface area (Å²) >= 11 is 0. The third kappa shape index (κ3) is 5.33. The fourth-order valence-electron chi connectivity index (χ4n) is 1.87. The van der Waals surface area contributed by atoms with Crippen LogP contribution in [0.15, 0.2) is 0 Å². The van der Waals surface area contributed by atoms with Crippen LogP contribution in [0.1, 0.15) is 34.6 Å². The third-order valence-electron chi connectivity index (χ3n) is 2.44. The highest BCUT2D eigenvalue weighted by Gasteiger charge is 2.32. The second-order valence-electron chi connectivity index (χ2n) is 5.89. The first-order valence-electron chi connectivity index (χ1n) is 6.25. The van der Waals surface area contributed by atoms with Gasteiger partial charge in [-0.1, -0.05) is 0 Å². The fourth-order valence-corrected chi connectivity index (χ4v) is 3.10. The first-order valence-corrected chi connectivity index (χ1v) is 7.69. The fraction of sp³-hybridized carbons (Fsp3) is 0.909. The van der Waals surface area contributed by atoms with E-state index in [1.807, 2.05) is 4.72 Å². The van der Waals surface area contributed by atoms with Crippen LogP contribution >= 0.6 is 0 Å². The van der Waals surface area contributed by atoms with Gasteiger partial charge in [-0.2, -0.15) is 12.7 Å². The van der Waals surface area contributed by atoms with Crippen molar-refractivity contribution in [3.05, 3.63) is 0 Å².